The summed E-state index contributed by atoms with van der Waals surface area (Å²) in [5, 5.41) is -0.466. The number of halogens is 4. The molecule has 0 unspecified atom stereocenters. The number of likely N-dealkylation sites (N-methyl/N-ethyl adjacent to an activating group) is 1. The summed E-state index contributed by atoms with van der Waals surface area (Å²) in [5.41, 5.74) is 0.537. The van der Waals surface area contributed by atoms with Gasteiger partial charge >= 0.3 is 12.1 Å². The molecular formula is C20H16ClF3N2O3. The van der Waals surface area contributed by atoms with E-state index in [1.165, 1.54) is 29.2 Å². The Morgan fingerprint density at radius 2 is 1.79 bits per heavy atom. The molecule has 0 spiro atoms. The van der Waals surface area contributed by atoms with E-state index in [-0.39, 0.29) is 11.6 Å². The minimum atomic E-state index is -4.73. The van der Waals surface area contributed by atoms with Crippen LogP contribution >= 0.6 is 11.6 Å². The van der Waals surface area contributed by atoms with E-state index in [0.29, 0.717) is 30.0 Å². The van der Waals surface area contributed by atoms with Crippen molar-refractivity contribution in [1.29, 1.82) is 0 Å². The SMILES string of the molecule is CN(CCOc1ccccc1)C(=O)c1ccc(-c2nc(C(F)(F)F)oc2Cl)cc1. The molecule has 1 aromatic heterocycles. The number of rotatable bonds is 6. The van der Waals surface area contributed by atoms with Crippen molar-refractivity contribution in [3.8, 4) is 17.0 Å². The summed E-state index contributed by atoms with van der Waals surface area (Å²) in [7, 11) is 1.63. The number of amides is 1. The second kappa shape index (κ2) is 8.57. The second-order valence-electron chi connectivity index (χ2n) is 6.10. The lowest BCUT2D eigenvalue weighted by Crippen LogP contribution is -2.30. The highest BCUT2D eigenvalue weighted by Gasteiger charge is 2.38. The van der Waals surface area contributed by atoms with Gasteiger partial charge in [0.15, 0.2) is 0 Å². The normalized spacial score (nSPS) is 11.3. The number of nitrogens with zero attached hydrogens (tertiary/aromatic N) is 2. The molecule has 0 radical (unpaired) electrons. The molecule has 2 aromatic carbocycles. The standard InChI is InChI=1S/C20H16ClF3N2O3/c1-26(11-12-28-15-5-3-2-4-6-15)18(27)14-9-7-13(8-10-14)16-17(21)29-19(25-16)20(22,23)24/h2-10H,11-12H2,1H3. The van der Waals surface area contributed by atoms with Crippen LogP contribution < -0.4 is 4.74 Å². The van der Waals surface area contributed by atoms with Gasteiger partial charge in [-0.25, -0.2) is 4.98 Å². The number of alkyl halides is 3. The number of aromatic nitrogens is 1. The number of hydrogen-bond donors (Lipinski definition) is 0. The van der Waals surface area contributed by atoms with Crippen LogP contribution in [0.15, 0.2) is 59.0 Å². The first-order chi connectivity index (χ1) is 13.8. The lowest BCUT2D eigenvalue weighted by atomic mass is 10.1. The zero-order valence-corrected chi connectivity index (χ0v) is 16.0. The number of hydrogen-bond acceptors (Lipinski definition) is 4. The zero-order chi connectivity index (χ0) is 21.0. The quantitative estimate of drug-likeness (QED) is 0.548. The first kappa shape index (κ1) is 20.7. The average Bonchev–Trinajstić information content (AvgIpc) is 3.10. The highest BCUT2D eigenvalue weighted by atomic mass is 35.5. The monoisotopic (exact) mass is 424 g/mol. The number of carbonyl (C=O) groups excluding carboxylic acids is 1. The van der Waals surface area contributed by atoms with Crippen LogP contribution in [-0.2, 0) is 6.18 Å². The first-order valence-corrected chi connectivity index (χ1v) is 8.91. The van der Waals surface area contributed by atoms with Crippen LogP contribution in [0.4, 0.5) is 13.2 Å². The Labute approximate surface area is 169 Å². The molecule has 0 aliphatic carbocycles. The predicted octanol–water partition coefficient (Wildman–Crippen LogP) is 5.16. The van der Waals surface area contributed by atoms with E-state index in [1.54, 1.807) is 7.05 Å². The first-order valence-electron chi connectivity index (χ1n) is 8.53. The van der Waals surface area contributed by atoms with Crippen molar-refractivity contribution < 1.29 is 27.1 Å². The van der Waals surface area contributed by atoms with Crippen LogP contribution in [0.5, 0.6) is 5.75 Å². The third-order valence-corrected chi connectivity index (χ3v) is 4.28. The van der Waals surface area contributed by atoms with E-state index >= 15 is 0 Å². The smallest absolute Gasteiger partial charge is 0.469 e. The fraction of sp³-hybridized carbons (Fsp3) is 0.200. The molecule has 1 heterocycles. The molecule has 0 saturated heterocycles. The van der Waals surface area contributed by atoms with E-state index in [0.717, 1.165) is 0 Å². The van der Waals surface area contributed by atoms with Gasteiger partial charge in [0.2, 0.25) is 5.22 Å². The number of ether oxygens (including phenoxy) is 1. The van der Waals surface area contributed by atoms with Gasteiger partial charge in [0.05, 0.1) is 6.54 Å². The third-order valence-electron chi connectivity index (χ3n) is 4.02. The van der Waals surface area contributed by atoms with Gasteiger partial charge in [-0.15, -0.1) is 0 Å². The van der Waals surface area contributed by atoms with Crippen molar-refractivity contribution in [1.82, 2.24) is 9.88 Å². The molecule has 0 bridgehead atoms. The lowest BCUT2D eigenvalue weighted by Gasteiger charge is -2.17. The van der Waals surface area contributed by atoms with Crippen LogP contribution in [0.25, 0.3) is 11.3 Å². The molecule has 0 fully saturated rings. The molecular weight excluding hydrogens is 409 g/mol. The number of oxazole rings is 1. The maximum atomic E-state index is 12.7. The Balaban J connectivity index is 1.63. The van der Waals surface area contributed by atoms with Gasteiger partial charge in [-0.3, -0.25) is 4.79 Å². The molecule has 0 atom stereocenters. The molecule has 1 amide bonds. The van der Waals surface area contributed by atoms with E-state index < -0.39 is 17.3 Å². The van der Waals surface area contributed by atoms with Crippen LogP contribution in [0.3, 0.4) is 0 Å². The maximum Gasteiger partial charge on any atom is 0.469 e. The van der Waals surface area contributed by atoms with E-state index in [9.17, 15) is 18.0 Å². The molecule has 5 nitrogen and oxygen atoms in total. The topological polar surface area (TPSA) is 55.6 Å². The average molecular weight is 425 g/mol. The van der Waals surface area contributed by atoms with Crippen molar-refractivity contribution in [2.24, 2.45) is 0 Å². The van der Waals surface area contributed by atoms with Crippen LogP contribution in [0, 0.1) is 0 Å². The molecule has 0 aliphatic rings. The fourth-order valence-electron chi connectivity index (χ4n) is 2.51. The summed E-state index contributed by atoms with van der Waals surface area (Å²) in [6.45, 7) is 0.679. The Bertz CT molecular complexity index is 973. The van der Waals surface area contributed by atoms with Gasteiger partial charge in [0.1, 0.15) is 18.1 Å². The molecule has 0 N–H and O–H groups in total. The molecule has 0 aliphatic heterocycles. The van der Waals surface area contributed by atoms with Gasteiger partial charge in [-0.05, 0) is 35.9 Å². The maximum absolute atomic E-state index is 12.7. The summed E-state index contributed by atoms with van der Waals surface area (Å²) < 4.78 is 48.1. The van der Waals surface area contributed by atoms with Gasteiger partial charge in [0, 0.05) is 18.2 Å². The summed E-state index contributed by atoms with van der Waals surface area (Å²) >= 11 is 5.73. The van der Waals surface area contributed by atoms with Gasteiger partial charge < -0.3 is 14.1 Å². The Morgan fingerprint density at radius 1 is 1.14 bits per heavy atom. The summed E-state index contributed by atoms with van der Waals surface area (Å²) in [4.78, 5) is 17.4. The van der Waals surface area contributed by atoms with Gasteiger partial charge in [-0.2, -0.15) is 13.2 Å². The summed E-state index contributed by atoms with van der Waals surface area (Å²) in [6.07, 6.45) is -4.73. The molecule has 3 rings (SSSR count). The number of benzene rings is 2. The largest absolute Gasteiger partial charge is 0.492 e. The van der Waals surface area contributed by atoms with Crippen LogP contribution in [0.1, 0.15) is 16.2 Å². The van der Waals surface area contributed by atoms with Crippen molar-refractivity contribution in [3.05, 3.63) is 71.3 Å². The lowest BCUT2D eigenvalue weighted by molar-refractivity contribution is -0.157. The third kappa shape index (κ3) is 5.08. The second-order valence-corrected chi connectivity index (χ2v) is 6.45. The Kier molecular flexibility index (Phi) is 6.12. The molecule has 0 saturated carbocycles. The van der Waals surface area contributed by atoms with E-state index in [4.69, 9.17) is 16.3 Å². The van der Waals surface area contributed by atoms with Crippen LogP contribution in [-0.4, -0.2) is 36.0 Å². The van der Waals surface area contributed by atoms with Crippen molar-refractivity contribution in [2.45, 2.75) is 6.18 Å². The minimum absolute atomic E-state index is 0.136. The zero-order valence-electron chi connectivity index (χ0n) is 15.2. The van der Waals surface area contributed by atoms with Gasteiger partial charge in [0.25, 0.3) is 5.91 Å². The Hall–Kier alpha value is -3.00. The highest BCUT2D eigenvalue weighted by Crippen LogP contribution is 2.35. The number of carbonyl (C=O) groups is 1. The van der Waals surface area contributed by atoms with Gasteiger partial charge in [-0.1, -0.05) is 30.3 Å². The molecule has 3 aromatic rings. The minimum Gasteiger partial charge on any atom is -0.492 e. The van der Waals surface area contributed by atoms with Crippen molar-refractivity contribution in [2.75, 3.05) is 20.2 Å². The predicted molar refractivity (Wildman–Crippen MR) is 101 cm³/mol. The van der Waals surface area contributed by atoms with Crippen LogP contribution in [0.2, 0.25) is 5.22 Å². The Morgan fingerprint density at radius 3 is 2.38 bits per heavy atom. The highest BCUT2D eigenvalue weighted by molar-refractivity contribution is 6.31. The molecule has 9 heteroatoms. The summed E-state index contributed by atoms with van der Waals surface area (Å²) in [5.74, 6) is -0.966. The van der Waals surface area contributed by atoms with Crippen molar-refractivity contribution in [3.63, 3.8) is 0 Å². The number of para-hydroxylation sites is 1. The van der Waals surface area contributed by atoms with E-state index in [2.05, 4.69) is 9.40 Å². The summed E-state index contributed by atoms with van der Waals surface area (Å²) in [6, 6.07) is 15.1. The fourth-order valence-corrected chi connectivity index (χ4v) is 2.74. The van der Waals surface area contributed by atoms with Crippen molar-refractivity contribution >= 4 is 17.5 Å². The van der Waals surface area contributed by atoms with E-state index in [1.807, 2.05) is 30.3 Å². The molecule has 29 heavy (non-hydrogen) atoms. The molecule has 152 valence electrons.